The van der Waals surface area contributed by atoms with Crippen LogP contribution in [0.3, 0.4) is 0 Å². The maximum absolute atomic E-state index is 9.56. The second-order valence-electron chi connectivity index (χ2n) is 18.1. The van der Waals surface area contributed by atoms with Gasteiger partial charge >= 0.3 is 11.7 Å². The predicted octanol–water partition coefficient (Wildman–Crippen LogP) is 14.3. The molecule has 13 rings (SSSR count). The van der Waals surface area contributed by atoms with E-state index in [0.717, 1.165) is 117 Å². The standard InChI is InChI=1S/C61H47N3O/c1-38(2)40-27-29-42(30-28-40)45-31-32-62-55(35-45)53-34-46(41-17-8-5-9-18-41)33-52-47-24-16-25-54-59(47)64-60(48-23-14-15-26-57(48)65-61(62,64)58(52)53)63(54)56-37-50(43-19-10-6-11-20-43)49(39(3)4)36-51(56)44-21-12-7-13-22-44/h5-39H,1-4H3/q+2/i38D,39D. The summed E-state index contributed by atoms with van der Waals surface area (Å²) < 4.78 is 33.3. The number of pyridine rings is 1. The largest absolute Gasteiger partial charge is 0.499 e. The van der Waals surface area contributed by atoms with Crippen LogP contribution in [0.4, 0.5) is 0 Å². The third-order valence-corrected chi connectivity index (χ3v) is 13.9. The van der Waals surface area contributed by atoms with Gasteiger partial charge in [-0.3, -0.25) is 0 Å². The van der Waals surface area contributed by atoms with E-state index in [1.54, 1.807) is 0 Å². The highest BCUT2D eigenvalue weighted by atomic mass is 16.5. The van der Waals surface area contributed by atoms with Crippen molar-refractivity contribution in [2.75, 3.05) is 0 Å². The molecule has 1 atom stereocenters. The fraction of sp³-hybridized carbons (Fsp3) is 0.115. The number of ether oxygens (including phenoxy) is 1. The molecule has 3 aliphatic heterocycles. The molecule has 0 saturated heterocycles. The van der Waals surface area contributed by atoms with Gasteiger partial charge in [-0.15, -0.1) is 9.13 Å². The molecule has 4 nitrogen and oxygen atoms in total. The van der Waals surface area contributed by atoms with Crippen molar-refractivity contribution in [2.24, 2.45) is 0 Å². The normalized spacial score (nSPS) is 15.7. The number of hydrogen-bond acceptors (Lipinski definition) is 1. The van der Waals surface area contributed by atoms with Crippen molar-refractivity contribution < 1.29 is 16.6 Å². The van der Waals surface area contributed by atoms with E-state index in [1.165, 1.54) is 0 Å². The van der Waals surface area contributed by atoms with E-state index in [0.29, 0.717) is 0 Å². The van der Waals surface area contributed by atoms with Gasteiger partial charge in [-0.05, 0) is 110 Å². The van der Waals surface area contributed by atoms with Crippen molar-refractivity contribution >= 4 is 11.0 Å². The Hall–Kier alpha value is -7.82. The number of rotatable bonds is 7. The molecule has 8 aromatic carbocycles. The van der Waals surface area contributed by atoms with Gasteiger partial charge in [0.15, 0.2) is 17.2 Å². The minimum atomic E-state index is -1.13. The molecule has 3 aliphatic rings. The van der Waals surface area contributed by atoms with Crippen LogP contribution >= 0.6 is 0 Å². The van der Waals surface area contributed by atoms with Gasteiger partial charge in [-0.2, -0.15) is 4.57 Å². The molecule has 0 amide bonds. The van der Waals surface area contributed by atoms with Gasteiger partial charge in [0.25, 0.3) is 0 Å². The second-order valence-corrected chi connectivity index (χ2v) is 18.1. The zero-order valence-corrected chi connectivity index (χ0v) is 36.8. The highest BCUT2D eigenvalue weighted by Crippen LogP contribution is 2.55. The molecule has 0 N–H and O–H groups in total. The lowest BCUT2D eigenvalue weighted by molar-refractivity contribution is -0.997. The third kappa shape index (κ3) is 5.37. The second kappa shape index (κ2) is 14.1. The molecule has 0 saturated carbocycles. The molecule has 310 valence electrons. The maximum atomic E-state index is 9.56. The summed E-state index contributed by atoms with van der Waals surface area (Å²) in [4.78, 5) is 0. The number of hydrogen-bond donors (Lipinski definition) is 0. The predicted molar refractivity (Wildman–Crippen MR) is 263 cm³/mol. The van der Waals surface area contributed by atoms with Crippen LogP contribution in [0.15, 0.2) is 200 Å². The molecule has 5 heterocycles. The van der Waals surface area contributed by atoms with Crippen LogP contribution in [0.1, 0.15) is 58.9 Å². The molecule has 1 unspecified atom stereocenters. The summed E-state index contributed by atoms with van der Waals surface area (Å²) in [7, 11) is 0. The number of aromatic nitrogens is 3. The molecule has 0 fully saturated rings. The summed E-state index contributed by atoms with van der Waals surface area (Å²) in [5, 5.41) is 0. The first-order valence-corrected chi connectivity index (χ1v) is 22.6. The highest BCUT2D eigenvalue weighted by Gasteiger charge is 2.68. The summed E-state index contributed by atoms with van der Waals surface area (Å²) in [6.45, 7) is 7.85. The first kappa shape index (κ1) is 35.6. The number of benzene rings is 8. The molecule has 4 heteroatoms. The highest BCUT2D eigenvalue weighted by molar-refractivity contribution is 6.00. The van der Waals surface area contributed by atoms with Crippen molar-refractivity contribution in [3.8, 4) is 89.7 Å². The minimum Gasteiger partial charge on any atom is -0.392 e. The van der Waals surface area contributed by atoms with Crippen LogP contribution in [0.5, 0.6) is 5.75 Å². The topological polar surface area (TPSA) is 21.9 Å². The molecular formula is C61H47N3O+2. The van der Waals surface area contributed by atoms with Crippen LogP contribution in [0.25, 0.3) is 95.0 Å². The van der Waals surface area contributed by atoms with E-state index in [2.05, 4.69) is 214 Å². The SMILES string of the molecule is [2H]C(C)(C)c1ccc(-c2cc[n+]3c(c2)-c2cc(-c4ccccc4)cc4c2C32Oc3ccccc3-c3n(-c5cc(-c6ccccc6)c(C([2H])(C)C)cc5-c5ccccc5)c5cccc-4c5[n+]32)cc1. The van der Waals surface area contributed by atoms with Crippen LogP contribution in [-0.2, 0) is 5.85 Å². The lowest BCUT2D eigenvalue weighted by Crippen LogP contribution is -2.78. The summed E-state index contributed by atoms with van der Waals surface area (Å²) >= 11 is 0. The number of para-hydroxylation sites is 2. The van der Waals surface area contributed by atoms with E-state index in [4.69, 9.17) is 6.11 Å². The van der Waals surface area contributed by atoms with E-state index >= 15 is 0 Å². The maximum Gasteiger partial charge on any atom is 0.499 e. The summed E-state index contributed by atoms with van der Waals surface area (Å²) in [5.41, 5.74) is 20.4. The van der Waals surface area contributed by atoms with Gasteiger partial charge in [0.05, 0.1) is 5.56 Å². The van der Waals surface area contributed by atoms with Crippen LogP contribution in [0.2, 0.25) is 0 Å². The van der Waals surface area contributed by atoms with Crippen molar-refractivity contribution in [2.45, 2.75) is 45.3 Å². The van der Waals surface area contributed by atoms with Gasteiger partial charge in [0, 0.05) is 31.6 Å². The average Bonchev–Trinajstić information content (AvgIpc) is 3.85. The Labute approximate surface area is 382 Å². The van der Waals surface area contributed by atoms with Crippen molar-refractivity contribution in [3.05, 3.63) is 217 Å². The van der Waals surface area contributed by atoms with Gasteiger partial charge < -0.3 is 4.74 Å². The Morgan fingerprint density at radius 3 is 1.83 bits per heavy atom. The summed E-state index contributed by atoms with van der Waals surface area (Å²) in [5.74, 6) is -0.904. The lowest BCUT2D eigenvalue weighted by Gasteiger charge is -2.32. The lowest BCUT2D eigenvalue weighted by atomic mass is 9.85. The number of imidazole rings is 1. The third-order valence-electron chi connectivity index (χ3n) is 13.9. The van der Waals surface area contributed by atoms with E-state index in [9.17, 15) is 1.37 Å². The van der Waals surface area contributed by atoms with E-state index < -0.39 is 17.6 Å². The number of nitrogens with zero attached hydrogens (tertiary/aromatic N) is 3. The molecule has 0 bridgehead atoms. The molecule has 2 aromatic heterocycles. The zero-order chi connectivity index (χ0) is 45.4. The molecule has 0 aliphatic carbocycles. The quantitative estimate of drug-likeness (QED) is 0.147. The van der Waals surface area contributed by atoms with Crippen molar-refractivity contribution in [1.29, 1.82) is 0 Å². The summed E-state index contributed by atoms with van der Waals surface area (Å²) in [6.07, 6.45) is 2.22. The minimum absolute atomic E-state index is 0.692. The molecule has 0 radical (unpaired) electrons. The van der Waals surface area contributed by atoms with Gasteiger partial charge in [0.2, 0.25) is 5.69 Å². The van der Waals surface area contributed by atoms with Crippen LogP contribution in [0, 0.1) is 0 Å². The van der Waals surface area contributed by atoms with Gasteiger partial charge in [-0.25, -0.2) is 0 Å². The van der Waals surface area contributed by atoms with Crippen molar-refractivity contribution in [1.82, 2.24) is 4.57 Å². The van der Waals surface area contributed by atoms with Crippen molar-refractivity contribution in [3.63, 3.8) is 0 Å². The Bertz CT molecular complexity index is 3660. The summed E-state index contributed by atoms with van der Waals surface area (Å²) in [6, 6.07) is 69.5. The first-order valence-electron chi connectivity index (χ1n) is 23.6. The van der Waals surface area contributed by atoms with Crippen LogP contribution in [-0.4, -0.2) is 4.57 Å². The molecule has 1 spiro atoms. The number of fused-ring (bicyclic) bond motifs is 5. The zero-order valence-electron chi connectivity index (χ0n) is 38.8. The Kier molecular flexibility index (Phi) is 7.72. The fourth-order valence-electron chi connectivity index (χ4n) is 10.9. The molecular weight excluding hydrogens is 791 g/mol. The van der Waals surface area contributed by atoms with Gasteiger partial charge in [-0.1, -0.05) is 161 Å². The Morgan fingerprint density at radius 2 is 1.12 bits per heavy atom. The molecule has 65 heavy (non-hydrogen) atoms. The van der Waals surface area contributed by atoms with E-state index in [-0.39, 0.29) is 0 Å². The van der Waals surface area contributed by atoms with E-state index in [1.807, 2.05) is 27.7 Å². The monoisotopic (exact) mass is 839 g/mol. The van der Waals surface area contributed by atoms with Crippen LogP contribution < -0.4 is 13.9 Å². The Balaban J connectivity index is 1.18. The Morgan fingerprint density at radius 1 is 0.492 bits per heavy atom. The first-order chi connectivity index (χ1) is 32.5. The van der Waals surface area contributed by atoms with Gasteiger partial charge in [0.1, 0.15) is 22.6 Å². The molecule has 10 aromatic rings. The fourth-order valence-corrected chi connectivity index (χ4v) is 10.9. The smallest absolute Gasteiger partial charge is 0.392 e. The average molecular weight is 840 g/mol.